The molecule has 1 unspecified atom stereocenters. The fourth-order valence-electron chi connectivity index (χ4n) is 2.89. The molecule has 2 heterocycles. The van der Waals surface area contributed by atoms with E-state index in [1.807, 2.05) is 12.1 Å². The Morgan fingerprint density at radius 2 is 2.05 bits per heavy atom. The third kappa shape index (κ3) is 2.76. The molecule has 0 spiro atoms. The molecule has 22 heavy (non-hydrogen) atoms. The number of rotatable bonds is 3. The molecule has 0 saturated heterocycles. The lowest BCUT2D eigenvalue weighted by atomic mass is 9.99. The Morgan fingerprint density at radius 1 is 1.32 bits per heavy atom. The summed E-state index contributed by atoms with van der Waals surface area (Å²) < 4.78 is 10.9. The molecular weight excluding hydrogens is 280 g/mol. The van der Waals surface area contributed by atoms with Gasteiger partial charge in [-0.15, -0.1) is 0 Å². The molecule has 5 nitrogen and oxygen atoms in total. The van der Waals surface area contributed by atoms with Crippen LogP contribution in [0.5, 0.6) is 0 Å². The second-order valence-corrected chi connectivity index (χ2v) is 5.79. The normalized spacial score (nSPS) is 17.1. The van der Waals surface area contributed by atoms with E-state index in [2.05, 4.69) is 17.3 Å². The first-order chi connectivity index (χ1) is 10.6. The fourth-order valence-corrected chi connectivity index (χ4v) is 2.89. The van der Waals surface area contributed by atoms with E-state index in [-0.39, 0.29) is 12.0 Å². The van der Waals surface area contributed by atoms with Crippen molar-refractivity contribution in [1.82, 2.24) is 10.1 Å². The maximum Gasteiger partial charge on any atom is 0.259 e. The summed E-state index contributed by atoms with van der Waals surface area (Å²) in [4.78, 5) is 14.2. The summed E-state index contributed by atoms with van der Waals surface area (Å²) in [6.07, 6.45) is 0.847. The molecule has 1 atom stereocenters. The maximum atomic E-state index is 12.5. The van der Waals surface area contributed by atoms with Gasteiger partial charge in [0.15, 0.2) is 0 Å². The van der Waals surface area contributed by atoms with Crippen LogP contribution in [-0.2, 0) is 17.8 Å². The van der Waals surface area contributed by atoms with Crippen molar-refractivity contribution >= 4 is 5.91 Å². The molecule has 0 N–H and O–H groups in total. The van der Waals surface area contributed by atoms with E-state index in [1.165, 1.54) is 11.1 Å². The average molecular weight is 300 g/mol. The van der Waals surface area contributed by atoms with Crippen molar-refractivity contribution in [2.75, 3.05) is 13.6 Å². The van der Waals surface area contributed by atoms with Gasteiger partial charge in [0.1, 0.15) is 11.3 Å². The van der Waals surface area contributed by atoms with Crippen LogP contribution in [0, 0.1) is 13.8 Å². The highest BCUT2D eigenvalue weighted by atomic mass is 16.5. The summed E-state index contributed by atoms with van der Waals surface area (Å²) in [7, 11) is 1.79. The van der Waals surface area contributed by atoms with E-state index < -0.39 is 0 Å². The number of ether oxygens (including phenoxy) is 1. The minimum absolute atomic E-state index is 0.0179. The van der Waals surface area contributed by atoms with Crippen LogP contribution >= 0.6 is 0 Å². The van der Waals surface area contributed by atoms with E-state index in [4.69, 9.17) is 9.26 Å². The second kappa shape index (κ2) is 5.93. The van der Waals surface area contributed by atoms with E-state index in [0.29, 0.717) is 30.2 Å². The summed E-state index contributed by atoms with van der Waals surface area (Å²) in [5.41, 5.74) is 3.72. The van der Waals surface area contributed by atoms with Crippen molar-refractivity contribution in [3.8, 4) is 0 Å². The highest BCUT2D eigenvalue weighted by molar-refractivity contribution is 5.95. The minimum Gasteiger partial charge on any atom is -0.371 e. The number of nitrogens with zero attached hydrogens (tertiary/aromatic N) is 2. The first-order valence-electron chi connectivity index (χ1n) is 7.43. The molecule has 1 aliphatic heterocycles. The molecule has 0 radical (unpaired) electrons. The molecule has 1 aromatic heterocycles. The third-order valence-electron chi connectivity index (χ3n) is 4.11. The van der Waals surface area contributed by atoms with Gasteiger partial charge in [-0.25, -0.2) is 0 Å². The average Bonchev–Trinajstić information content (AvgIpc) is 2.85. The molecule has 1 aromatic carbocycles. The van der Waals surface area contributed by atoms with Gasteiger partial charge in [0, 0.05) is 20.0 Å². The summed E-state index contributed by atoms with van der Waals surface area (Å²) in [5, 5.41) is 3.84. The van der Waals surface area contributed by atoms with Crippen LogP contribution < -0.4 is 0 Å². The smallest absolute Gasteiger partial charge is 0.259 e. The second-order valence-electron chi connectivity index (χ2n) is 5.79. The Balaban J connectivity index is 1.68. The number of hydrogen-bond acceptors (Lipinski definition) is 4. The topological polar surface area (TPSA) is 55.6 Å². The third-order valence-corrected chi connectivity index (χ3v) is 4.11. The number of aryl methyl sites for hydroxylation is 2. The summed E-state index contributed by atoms with van der Waals surface area (Å²) >= 11 is 0. The molecular formula is C17H20N2O3. The number of carbonyl (C=O) groups excluding carboxylic acids is 1. The van der Waals surface area contributed by atoms with Crippen LogP contribution in [0.3, 0.4) is 0 Å². The lowest BCUT2D eigenvalue weighted by Crippen LogP contribution is -2.38. The number of benzene rings is 1. The molecule has 0 fully saturated rings. The van der Waals surface area contributed by atoms with E-state index in [9.17, 15) is 4.79 Å². The van der Waals surface area contributed by atoms with Gasteiger partial charge < -0.3 is 14.2 Å². The van der Waals surface area contributed by atoms with Gasteiger partial charge in [0.25, 0.3) is 5.91 Å². The van der Waals surface area contributed by atoms with Gasteiger partial charge in [-0.1, -0.05) is 29.4 Å². The Morgan fingerprint density at radius 3 is 2.73 bits per heavy atom. The zero-order valence-electron chi connectivity index (χ0n) is 13.1. The molecule has 1 aliphatic rings. The van der Waals surface area contributed by atoms with E-state index in [0.717, 1.165) is 6.42 Å². The van der Waals surface area contributed by atoms with Gasteiger partial charge in [0.05, 0.1) is 18.4 Å². The molecule has 5 heteroatoms. The number of fused-ring (bicyclic) bond motifs is 1. The Labute approximate surface area is 129 Å². The Bertz CT molecular complexity index is 673. The number of aromatic nitrogens is 1. The number of likely N-dealkylation sites (N-methyl/N-ethyl adjacent to an activating group) is 1. The zero-order valence-corrected chi connectivity index (χ0v) is 13.1. The van der Waals surface area contributed by atoms with Gasteiger partial charge in [-0.05, 0) is 25.0 Å². The van der Waals surface area contributed by atoms with Crippen molar-refractivity contribution in [3.63, 3.8) is 0 Å². The molecule has 2 aromatic rings. The summed E-state index contributed by atoms with van der Waals surface area (Å²) in [6, 6.07) is 8.28. The van der Waals surface area contributed by atoms with Crippen LogP contribution in [0.25, 0.3) is 0 Å². The van der Waals surface area contributed by atoms with Crippen molar-refractivity contribution in [3.05, 3.63) is 52.4 Å². The van der Waals surface area contributed by atoms with E-state index in [1.54, 1.807) is 25.8 Å². The quantitative estimate of drug-likeness (QED) is 0.874. The van der Waals surface area contributed by atoms with Crippen LogP contribution in [0.2, 0.25) is 0 Å². The monoisotopic (exact) mass is 300 g/mol. The maximum absolute atomic E-state index is 12.5. The number of carbonyl (C=O) groups is 1. The number of hydrogen-bond donors (Lipinski definition) is 0. The van der Waals surface area contributed by atoms with Gasteiger partial charge >= 0.3 is 0 Å². The van der Waals surface area contributed by atoms with Crippen LogP contribution in [0.15, 0.2) is 28.8 Å². The van der Waals surface area contributed by atoms with Gasteiger partial charge in [0.2, 0.25) is 0 Å². The summed E-state index contributed by atoms with van der Waals surface area (Å²) in [6.45, 7) is 4.70. The van der Waals surface area contributed by atoms with Crippen LogP contribution in [0.1, 0.15) is 32.9 Å². The Kier molecular flexibility index (Phi) is 3.98. The standard InChI is InChI=1S/C17H20N2O3/c1-11-16(12(2)22-18-11)17(20)19(3)9-15-8-13-6-4-5-7-14(13)10-21-15/h4-7,15H,8-10H2,1-3H3. The van der Waals surface area contributed by atoms with Crippen molar-refractivity contribution in [2.45, 2.75) is 33.0 Å². The highest BCUT2D eigenvalue weighted by Gasteiger charge is 2.25. The molecule has 0 saturated carbocycles. The summed E-state index contributed by atoms with van der Waals surface area (Å²) in [5.74, 6) is 0.489. The van der Waals surface area contributed by atoms with Crippen molar-refractivity contribution in [1.29, 1.82) is 0 Å². The predicted octanol–water partition coefficient (Wildman–Crippen LogP) is 2.50. The minimum atomic E-state index is -0.0706. The largest absolute Gasteiger partial charge is 0.371 e. The lowest BCUT2D eigenvalue weighted by Gasteiger charge is -2.29. The molecule has 0 aliphatic carbocycles. The zero-order chi connectivity index (χ0) is 15.7. The fraction of sp³-hybridized carbons (Fsp3) is 0.412. The van der Waals surface area contributed by atoms with Crippen molar-refractivity contribution in [2.24, 2.45) is 0 Å². The van der Waals surface area contributed by atoms with E-state index >= 15 is 0 Å². The van der Waals surface area contributed by atoms with Gasteiger partial charge in [-0.3, -0.25) is 4.79 Å². The van der Waals surface area contributed by atoms with Gasteiger partial charge in [-0.2, -0.15) is 0 Å². The first-order valence-corrected chi connectivity index (χ1v) is 7.43. The molecule has 0 bridgehead atoms. The number of amides is 1. The van der Waals surface area contributed by atoms with Crippen LogP contribution in [-0.4, -0.2) is 35.7 Å². The Hall–Kier alpha value is -2.14. The first kappa shape index (κ1) is 14.8. The SMILES string of the molecule is Cc1noc(C)c1C(=O)N(C)CC1Cc2ccccc2CO1. The highest BCUT2D eigenvalue weighted by Crippen LogP contribution is 2.21. The molecule has 1 amide bonds. The molecule has 3 rings (SSSR count). The predicted molar refractivity (Wildman–Crippen MR) is 81.7 cm³/mol. The van der Waals surface area contributed by atoms with Crippen molar-refractivity contribution < 1.29 is 14.1 Å². The molecule has 116 valence electrons. The lowest BCUT2D eigenvalue weighted by molar-refractivity contribution is 0.00979. The van der Waals surface area contributed by atoms with Crippen LogP contribution in [0.4, 0.5) is 0 Å².